The summed E-state index contributed by atoms with van der Waals surface area (Å²) < 4.78 is 38.9. The molecule has 7 heteroatoms. The van der Waals surface area contributed by atoms with Gasteiger partial charge in [-0.15, -0.1) is 13.2 Å². The number of benzene rings is 1. The van der Waals surface area contributed by atoms with Gasteiger partial charge >= 0.3 is 6.36 Å². The summed E-state index contributed by atoms with van der Waals surface area (Å²) in [6.07, 6.45) is -4.72. The van der Waals surface area contributed by atoms with E-state index in [1.54, 1.807) is 0 Å². The molecule has 0 saturated heterocycles. The van der Waals surface area contributed by atoms with Crippen molar-refractivity contribution in [3.8, 4) is 5.75 Å². The maximum atomic E-state index is 11.8. The second-order valence-electron chi connectivity index (χ2n) is 2.56. The predicted octanol–water partition coefficient (Wildman–Crippen LogP) is 2.71. The number of amidine groups is 1. The molecule has 0 saturated carbocycles. The third-order valence-electron chi connectivity index (χ3n) is 1.49. The van der Waals surface area contributed by atoms with Gasteiger partial charge in [0.1, 0.15) is 5.75 Å². The Hall–Kier alpha value is -1.92. The van der Waals surface area contributed by atoms with Gasteiger partial charge < -0.3 is 15.7 Å². The first-order valence-corrected chi connectivity index (χ1v) is 4.76. The first-order valence-electron chi connectivity index (χ1n) is 4.76. The van der Waals surface area contributed by atoms with Gasteiger partial charge in [-0.25, -0.2) is 0 Å². The Balaban J connectivity index is 0.00000121. The van der Waals surface area contributed by atoms with E-state index >= 15 is 0 Å². The Labute approximate surface area is 96.5 Å². The number of alkyl halides is 3. The molecule has 3 N–H and O–H groups in total. The van der Waals surface area contributed by atoms with E-state index in [1.807, 2.05) is 13.8 Å². The Morgan fingerprint density at radius 1 is 1.24 bits per heavy atom. The molecule has 0 aromatic heterocycles. The monoisotopic (exact) mass is 250 g/mol. The zero-order valence-corrected chi connectivity index (χ0v) is 9.32. The minimum absolute atomic E-state index is 0.187. The van der Waals surface area contributed by atoms with Crippen LogP contribution in [0.2, 0.25) is 0 Å². The number of hydrogen-bond acceptors (Lipinski definition) is 3. The lowest BCUT2D eigenvalue weighted by molar-refractivity contribution is -0.274. The topological polar surface area (TPSA) is 67.8 Å². The zero-order chi connectivity index (χ0) is 13.5. The van der Waals surface area contributed by atoms with Gasteiger partial charge in [-0.1, -0.05) is 19.0 Å². The Morgan fingerprint density at radius 2 is 1.71 bits per heavy atom. The van der Waals surface area contributed by atoms with Gasteiger partial charge in [0.15, 0.2) is 5.84 Å². The molecule has 0 aliphatic rings. The van der Waals surface area contributed by atoms with E-state index in [1.165, 1.54) is 12.1 Å². The van der Waals surface area contributed by atoms with Crippen molar-refractivity contribution in [1.29, 1.82) is 0 Å². The quantitative estimate of drug-likeness (QED) is 0.367. The minimum atomic E-state index is -4.72. The number of nitrogens with two attached hydrogens (primary N) is 1. The van der Waals surface area contributed by atoms with Crippen molar-refractivity contribution in [3.05, 3.63) is 29.8 Å². The normalized spacial score (nSPS) is 11.5. The Morgan fingerprint density at radius 3 is 2.06 bits per heavy atom. The van der Waals surface area contributed by atoms with Gasteiger partial charge in [0, 0.05) is 5.56 Å². The molecule has 0 bridgehead atoms. The minimum Gasteiger partial charge on any atom is -0.409 e. The van der Waals surface area contributed by atoms with Crippen LogP contribution in [0.1, 0.15) is 19.4 Å². The molecular formula is C10H13F3N2O2. The van der Waals surface area contributed by atoms with Crippen LogP contribution in [0.5, 0.6) is 5.75 Å². The van der Waals surface area contributed by atoms with Gasteiger partial charge in [-0.3, -0.25) is 0 Å². The molecular weight excluding hydrogens is 237 g/mol. The highest BCUT2D eigenvalue weighted by Crippen LogP contribution is 2.22. The molecule has 0 unspecified atom stereocenters. The van der Waals surface area contributed by atoms with E-state index in [2.05, 4.69) is 9.89 Å². The lowest BCUT2D eigenvalue weighted by Gasteiger charge is -2.08. The summed E-state index contributed by atoms with van der Waals surface area (Å²) >= 11 is 0. The molecule has 0 spiro atoms. The number of rotatable bonds is 2. The molecule has 0 heterocycles. The summed E-state index contributed by atoms with van der Waals surface area (Å²) in [5.41, 5.74) is 5.51. The summed E-state index contributed by atoms with van der Waals surface area (Å²) in [5.74, 6) is -0.550. The van der Waals surface area contributed by atoms with E-state index < -0.39 is 6.36 Å². The van der Waals surface area contributed by atoms with Crippen molar-refractivity contribution in [1.82, 2.24) is 0 Å². The predicted molar refractivity (Wildman–Crippen MR) is 57.0 cm³/mol. The summed E-state index contributed by atoms with van der Waals surface area (Å²) in [5, 5.41) is 11.0. The average Bonchev–Trinajstić information content (AvgIpc) is 2.29. The van der Waals surface area contributed by atoms with Crippen molar-refractivity contribution in [3.63, 3.8) is 0 Å². The number of hydrogen-bond donors (Lipinski definition) is 2. The van der Waals surface area contributed by atoms with Crippen LogP contribution in [0.3, 0.4) is 0 Å². The van der Waals surface area contributed by atoms with Crippen molar-refractivity contribution in [2.75, 3.05) is 0 Å². The zero-order valence-electron chi connectivity index (χ0n) is 9.32. The van der Waals surface area contributed by atoms with E-state index in [0.717, 1.165) is 12.1 Å². The van der Waals surface area contributed by atoms with Crippen LogP contribution >= 0.6 is 0 Å². The van der Waals surface area contributed by atoms with Crippen LogP contribution < -0.4 is 10.5 Å². The molecule has 17 heavy (non-hydrogen) atoms. The average molecular weight is 250 g/mol. The second-order valence-corrected chi connectivity index (χ2v) is 2.56. The third-order valence-corrected chi connectivity index (χ3v) is 1.49. The molecule has 0 radical (unpaired) electrons. The molecule has 0 atom stereocenters. The highest BCUT2D eigenvalue weighted by Gasteiger charge is 2.30. The molecule has 96 valence electrons. The molecule has 0 amide bonds. The van der Waals surface area contributed by atoms with Crippen molar-refractivity contribution >= 4 is 5.84 Å². The summed E-state index contributed by atoms with van der Waals surface area (Å²) in [7, 11) is 0. The molecule has 0 aliphatic heterocycles. The highest BCUT2D eigenvalue weighted by atomic mass is 19.4. The van der Waals surface area contributed by atoms with Crippen LogP contribution in [0.4, 0.5) is 13.2 Å². The molecule has 4 nitrogen and oxygen atoms in total. The van der Waals surface area contributed by atoms with Gasteiger partial charge in [-0.05, 0) is 24.3 Å². The first-order chi connectivity index (χ1) is 7.92. The molecule has 0 fully saturated rings. The molecule has 1 aromatic rings. The highest BCUT2D eigenvalue weighted by molar-refractivity contribution is 5.97. The van der Waals surface area contributed by atoms with Crippen molar-refractivity contribution in [2.24, 2.45) is 10.9 Å². The fourth-order valence-corrected chi connectivity index (χ4v) is 0.885. The maximum Gasteiger partial charge on any atom is 0.573 e. The van der Waals surface area contributed by atoms with Gasteiger partial charge in [-0.2, -0.15) is 0 Å². The molecule has 1 aromatic carbocycles. The fraction of sp³-hybridized carbons (Fsp3) is 0.300. The number of halogens is 3. The van der Waals surface area contributed by atoms with E-state index in [9.17, 15) is 13.2 Å². The second kappa shape index (κ2) is 6.62. The standard InChI is InChI=1S/C8H7F3N2O2.C2H6/c9-8(10,11)15-6-3-1-5(2-4-6)7(12)13-14;1-2/h1-4,14H,(H2,12,13);1-2H3. The van der Waals surface area contributed by atoms with Gasteiger partial charge in [0.25, 0.3) is 0 Å². The lowest BCUT2D eigenvalue weighted by Crippen LogP contribution is -2.17. The lowest BCUT2D eigenvalue weighted by atomic mass is 10.2. The number of nitrogens with zero attached hydrogens (tertiary/aromatic N) is 1. The SMILES string of the molecule is CC.N/C(=N\O)c1ccc(OC(F)(F)F)cc1. The maximum absolute atomic E-state index is 11.8. The molecule has 1 rings (SSSR count). The number of ether oxygens (including phenoxy) is 1. The largest absolute Gasteiger partial charge is 0.573 e. The third kappa shape index (κ3) is 5.64. The summed E-state index contributed by atoms with van der Waals surface area (Å²) in [6, 6.07) is 4.63. The van der Waals surface area contributed by atoms with Crippen LogP contribution in [0.25, 0.3) is 0 Å². The van der Waals surface area contributed by atoms with Crippen molar-refractivity contribution < 1.29 is 23.1 Å². The molecule has 0 aliphatic carbocycles. The summed E-state index contributed by atoms with van der Waals surface area (Å²) in [6.45, 7) is 4.00. The Bertz CT molecular complexity index is 361. The van der Waals surface area contributed by atoms with Crippen LogP contribution in [-0.2, 0) is 0 Å². The smallest absolute Gasteiger partial charge is 0.409 e. The number of oxime groups is 1. The van der Waals surface area contributed by atoms with E-state index in [0.29, 0.717) is 5.56 Å². The van der Waals surface area contributed by atoms with E-state index in [-0.39, 0.29) is 11.6 Å². The first kappa shape index (κ1) is 15.1. The van der Waals surface area contributed by atoms with Crippen LogP contribution in [0, 0.1) is 0 Å². The van der Waals surface area contributed by atoms with Crippen LogP contribution in [0.15, 0.2) is 29.4 Å². The van der Waals surface area contributed by atoms with Crippen molar-refractivity contribution in [2.45, 2.75) is 20.2 Å². The van der Waals surface area contributed by atoms with Gasteiger partial charge in [0.05, 0.1) is 0 Å². The van der Waals surface area contributed by atoms with Crippen LogP contribution in [-0.4, -0.2) is 17.4 Å². The fourth-order valence-electron chi connectivity index (χ4n) is 0.885. The summed E-state index contributed by atoms with van der Waals surface area (Å²) in [4.78, 5) is 0. The van der Waals surface area contributed by atoms with Gasteiger partial charge in [0.2, 0.25) is 0 Å². The van der Waals surface area contributed by atoms with E-state index in [4.69, 9.17) is 10.9 Å². The Kier molecular flexibility index (Phi) is 5.87.